The summed E-state index contributed by atoms with van der Waals surface area (Å²) in [6.45, 7) is 0.486. The number of aliphatic hydroxyl groups is 1. The highest BCUT2D eigenvalue weighted by Gasteiger charge is 2.21. The number of aryl methyl sites for hydroxylation is 1. The van der Waals surface area contributed by atoms with E-state index in [9.17, 15) is 4.79 Å². The van der Waals surface area contributed by atoms with E-state index in [1.54, 1.807) is 16.9 Å². The Kier molecular flexibility index (Phi) is 4.53. The lowest BCUT2D eigenvalue weighted by Crippen LogP contribution is -2.37. The van der Waals surface area contributed by atoms with Crippen LogP contribution < -0.4 is 10.1 Å². The summed E-state index contributed by atoms with van der Waals surface area (Å²) < 4.78 is 7.52. The molecule has 0 saturated heterocycles. The molecule has 2 aromatic heterocycles. The average Bonchev–Trinajstić information content (AvgIpc) is 3.09. The third-order valence-corrected chi connectivity index (χ3v) is 4.55. The molecule has 0 unspecified atom stereocenters. The first-order valence-corrected chi connectivity index (χ1v) is 8.70. The molecule has 0 radical (unpaired) electrons. The number of aliphatic hydroxyl groups excluding tert-OH is 1. The van der Waals surface area contributed by atoms with Gasteiger partial charge in [0, 0.05) is 19.0 Å². The van der Waals surface area contributed by atoms with Gasteiger partial charge in [-0.1, -0.05) is 18.2 Å². The van der Waals surface area contributed by atoms with Gasteiger partial charge < -0.3 is 15.2 Å². The second-order valence-corrected chi connectivity index (χ2v) is 6.36. The molecule has 2 N–H and O–H groups in total. The van der Waals surface area contributed by atoms with Crippen LogP contribution in [0.15, 0.2) is 42.9 Å². The number of para-hydroxylation sites is 1. The maximum Gasteiger partial charge on any atom is 0.256 e. The molecule has 7 heteroatoms. The van der Waals surface area contributed by atoms with Crippen molar-refractivity contribution in [2.45, 2.75) is 25.4 Å². The maximum absolute atomic E-state index is 12.5. The van der Waals surface area contributed by atoms with Crippen molar-refractivity contribution in [3.05, 3.63) is 59.5 Å². The van der Waals surface area contributed by atoms with Crippen LogP contribution in [0.2, 0.25) is 0 Å². The Morgan fingerprint density at radius 2 is 2.23 bits per heavy atom. The standard InChI is InChI=1S/C19H20N4O3/c24-8-7-13-9-20-18-16(11-22-23(18)12-13)19(25)21-10-15-6-5-14-3-1-2-4-17(14)26-15/h1-4,9,11-12,15,24H,5-8,10H2,(H,21,25)/t15-/m1/s1. The van der Waals surface area contributed by atoms with E-state index in [2.05, 4.69) is 21.5 Å². The fraction of sp³-hybridized carbons (Fsp3) is 0.316. The lowest BCUT2D eigenvalue weighted by atomic mass is 10.0. The summed E-state index contributed by atoms with van der Waals surface area (Å²) in [6.07, 6.45) is 7.22. The number of rotatable bonds is 5. The summed E-state index contributed by atoms with van der Waals surface area (Å²) in [4.78, 5) is 16.8. The zero-order valence-corrected chi connectivity index (χ0v) is 14.3. The van der Waals surface area contributed by atoms with E-state index in [1.807, 2.05) is 18.2 Å². The Balaban J connectivity index is 1.42. The molecular weight excluding hydrogens is 332 g/mol. The zero-order valence-electron chi connectivity index (χ0n) is 14.3. The number of amides is 1. The first-order chi connectivity index (χ1) is 12.7. The molecule has 1 atom stereocenters. The molecule has 3 heterocycles. The van der Waals surface area contributed by atoms with Gasteiger partial charge in [0.1, 0.15) is 17.4 Å². The van der Waals surface area contributed by atoms with E-state index < -0.39 is 0 Å². The fourth-order valence-electron chi connectivity index (χ4n) is 3.16. The Hall–Kier alpha value is -2.93. The molecule has 4 rings (SSSR count). The number of carbonyl (C=O) groups excluding carboxylic acids is 1. The average molecular weight is 352 g/mol. The predicted molar refractivity (Wildman–Crippen MR) is 95.3 cm³/mol. The van der Waals surface area contributed by atoms with Gasteiger partial charge >= 0.3 is 0 Å². The number of aromatic nitrogens is 3. The van der Waals surface area contributed by atoms with Crippen molar-refractivity contribution >= 4 is 11.6 Å². The molecule has 1 amide bonds. The van der Waals surface area contributed by atoms with Gasteiger partial charge in [0.15, 0.2) is 5.65 Å². The third kappa shape index (κ3) is 3.25. The number of benzene rings is 1. The Bertz CT molecular complexity index is 937. The summed E-state index contributed by atoms with van der Waals surface area (Å²) in [7, 11) is 0. The number of nitrogens with one attached hydrogen (secondary N) is 1. The second kappa shape index (κ2) is 7.13. The minimum Gasteiger partial charge on any atom is -0.488 e. The van der Waals surface area contributed by atoms with Gasteiger partial charge in [-0.25, -0.2) is 9.50 Å². The fourth-order valence-corrected chi connectivity index (χ4v) is 3.16. The Morgan fingerprint density at radius 3 is 3.12 bits per heavy atom. The van der Waals surface area contributed by atoms with Crippen molar-refractivity contribution in [2.24, 2.45) is 0 Å². The van der Waals surface area contributed by atoms with E-state index >= 15 is 0 Å². The molecule has 0 aliphatic carbocycles. The molecule has 26 heavy (non-hydrogen) atoms. The monoisotopic (exact) mass is 352 g/mol. The minimum atomic E-state index is -0.218. The summed E-state index contributed by atoms with van der Waals surface area (Å²) in [6, 6.07) is 7.99. The van der Waals surface area contributed by atoms with Crippen LogP contribution in [0, 0.1) is 0 Å². The van der Waals surface area contributed by atoms with Gasteiger partial charge in [0.2, 0.25) is 0 Å². The van der Waals surface area contributed by atoms with E-state index in [0.29, 0.717) is 24.2 Å². The van der Waals surface area contributed by atoms with Gasteiger partial charge in [-0.05, 0) is 36.5 Å². The van der Waals surface area contributed by atoms with Crippen LogP contribution in [0.4, 0.5) is 0 Å². The smallest absolute Gasteiger partial charge is 0.256 e. The van der Waals surface area contributed by atoms with Crippen molar-refractivity contribution in [1.29, 1.82) is 0 Å². The number of nitrogens with zero attached hydrogens (tertiary/aromatic N) is 3. The molecule has 134 valence electrons. The summed E-state index contributed by atoms with van der Waals surface area (Å²) in [5.41, 5.74) is 3.00. The molecule has 7 nitrogen and oxygen atoms in total. The second-order valence-electron chi connectivity index (χ2n) is 6.36. The Morgan fingerprint density at radius 1 is 1.35 bits per heavy atom. The topological polar surface area (TPSA) is 88.8 Å². The first kappa shape index (κ1) is 16.5. The number of hydrogen-bond acceptors (Lipinski definition) is 5. The highest BCUT2D eigenvalue weighted by molar-refractivity contribution is 5.99. The molecule has 1 aromatic carbocycles. The van der Waals surface area contributed by atoms with Crippen LogP contribution in [0.5, 0.6) is 5.75 Å². The number of ether oxygens (including phenoxy) is 1. The van der Waals surface area contributed by atoms with E-state index in [1.165, 1.54) is 11.8 Å². The summed E-state index contributed by atoms with van der Waals surface area (Å²) in [5, 5.41) is 16.1. The van der Waals surface area contributed by atoms with Crippen molar-refractivity contribution in [3.8, 4) is 5.75 Å². The molecular formula is C19H20N4O3. The molecule has 0 fully saturated rings. The zero-order chi connectivity index (χ0) is 17.9. The predicted octanol–water partition coefficient (Wildman–Crippen LogP) is 1.39. The number of fused-ring (bicyclic) bond motifs is 2. The van der Waals surface area contributed by atoms with Crippen LogP contribution in [-0.2, 0) is 12.8 Å². The highest BCUT2D eigenvalue weighted by Crippen LogP contribution is 2.26. The van der Waals surface area contributed by atoms with Crippen LogP contribution in [0.1, 0.15) is 27.9 Å². The quantitative estimate of drug-likeness (QED) is 0.724. The van der Waals surface area contributed by atoms with E-state index in [-0.39, 0.29) is 18.6 Å². The third-order valence-electron chi connectivity index (χ3n) is 4.55. The molecule has 0 bridgehead atoms. The summed E-state index contributed by atoms with van der Waals surface area (Å²) in [5.74, 6) is 0.678. The van der Waals surface area contributed by atoms with Crippen LogP contribution in [-0.4, -0.2) is 44.9 Å². The van der Waals surface area contributed by atoms with Crippen molar-refractivity contribution in [3.63, 3.8) is 0 Å². The van der Waals surface area contributed by atoms with Gasteiger partial charge in [0.05, 0.1) is 12.7 Å². The lowest BCUT2D eigenvalue weighted by Gasteiger charge is -2.26. The van der Waals surface area contributed by atoms with E-state index in [0.717, 1.165) is 24.2 Å². The maximum atomic E-state index is 12.5. The SMILES string of the molecule is O=C(NC[C@H]1CCc2ccccc2O1)c1cnn2cc(CCO)cnc12. The van der Waals surface area contributed by atoms with Gasteiger partial charge in [-0.2, -0.15) is 5.10 Å². The molecule has 0 spiro atoms. The van der Waals surface area contributed by atoms with E-state index in [4.69, 9.17) is 9.84 Å². The largest absolute Gasteiger partial charge is 0.488 e. The van der Waals surface area contributed by atoms with Crippen LogP contribution in [0.3, 0.4) is 0 Å². The van der Waals surface area contributed by atoms with Crippen molar-refractivity contribution in [1.82, 2.24) is 19.9 Å². The van der Waals surface area contributed by atoms with Crippen molar-refractivity contribution in [2.75, 3.05) is 13.2 Å². The molecule has 1 aliphatic rings. The molecule has 3 aromatic rings. The van der Waals surface area contributed by atoms with Crippen LogP contribution in [0.25, 0.3) is 5.65 Å². The van der Waals surface area contributed by atoms with Gasteiger partial charge in [0.25, 0.3) is 5.91 Å². The lowest BCUT2D eigenvalue weighted by molar-refractivity contribution is 0.0919. The molecule has 0 saturated carbocycles. The number of hydrogen-bond donors (Lipinski definition) is 2. The minimum absolute atomic E-state index is 0.0418. The normalized spacial score (nSPS) is 16.1. The van der Waals surface area contributed by atoms with Gasteiger partial charge in [-0.3, -0.25) is 4.79 Å². The number of carbonyl (C=O) groups is 1. The Labute approximate surface area is 150 Å². The van der Waals surface area contributed by atoms with Gasteiger partial charge in [-0.15, -0.1) is 0 Å². The first-order valence-electron chi connectivity index (χ1n) is 8.70. The summed E-state index contributed by atoms with van der Waals surface area (Å²) >= 11 is 0. The highest BCUT2D eigenvalue weighted by atomic mass is 16.5. The van der Waals surface area contributed by atoms with Crippen molar-refractivity contribution < 1.29 is 14.6 Å². The van der Waals surface area contributed by atoms with Crippen LogP contribution >= 0.6 is 0 Å². The molecule has 1 aliphatic heterocycles.